The van der Waals surface area contributed by atoms with E-state index in [-0.39, 0.29) is 23.6 Å². The summed E-state index contributed by atoms with van der Waals surface area (Å²) in [6.07, 6.45) is 1.68. The standard InChI is InChI=1S/C13H20N4O4/c1-8(10-7-11(21-16-10)13(19)15-20)14-12(18)9-3-5-17(2)6-4-9/h7-9,20H,3-6H2,1-2H3,(H,14,18)(H,15,19)/t8-/m0/s1. The van der Waals surface area contributed by atoms with E-state index in [0.717, 1.165) is 25.9 Å². The smallest absolute Gasteiger partial charge is 0.313 e. The van der Waals surface area contributed by atoms with Crippen LogP contribution in [0.4, 0.5) is 0 Å². The van der Waals surface area contributed by atoms with Crippen molar-refractivity contribution in [2.45, 2.75) is 25.8 Å². The zero-order valence-electron chi connectivity index (χ0n) is 12.1. The second-order valence-electron chi connectivity index (χ2n) is 5.36. The molecule has 2 heterocycles. The zero-order chi connectivity index (χ0) is 15.4. The Morgan fingerprint density at radius 3 is 2.76 bits per heavy atom. The Bertz CT molecular complexity index is 508. The van der Waals surface area contributed by atoms with E-state index in [2.05, 4.69) is 15.4 Å². The number of hydroxylamine groups is 1. The molecule has 8 heteroatoms. The Kier molecular flexibility index (Phi) is 4.92. The molecule has 1 aliphatic rings. The molecule has 1 aromatic heterocycles. The molecule has 1 atom stereocenters. The van der Waals surface area contributed by atoms with E-state index in [9.17, 15) is 9.59 Å². The van der Waals surface area contributed by atoms with Crippen LogP contribution in [-0.2, 0) is 4.79 Å². The third kappa shape index (κ3) is 3.79. The van der Waals surface area contributed by atoms with Gasteiger partial charge in [-0.15, -0.1) is 0 Å². The average molecular weight is 296 g/mol. The minimum atomic E-state index is -0.775. The number of carbonyl (C=O) groups excluding carboxylic acids is 2. The quantitative estimate of drug-likeness (QED) is 0.545. The van der Waals surface area contributed by atoms with Gasteiger partial charge in [-0.2, -0.15) is 0 Å². The summed E-state index contributed by atoms with van der Waals surface area (Å²) in [7, 11) is 2.04. The van der Waals surface area contributed by atoms with Crippen LogP contribution in [0.3, 0.4) is 0 Å². The fourth-order valence-electron chi connectivity index (χ4n) is 2.33. The molecule has 21 heavy (non-hydrogen) atoms. The number of piperidine rings is 1. The summed E-state index contributed by atoms with van der Waals surface area (Å²) in [6.45, 7) is 3.60. The lowest BCUT2D eigenvalue weighted by molar-refractivity contribution is -0.127. The molecule has 2 amide bonds. The Morgan fingerprint density at radius 1 is 1.48 bits per heavy atom. The highest BCUT2D eigenvalue weighted by atomic mass is 16.5. The van der Waals surface area contributed by atoms with E-state index in [0.29, 0.717) is 5.69 Å². The largest absolute Gasteiger partial charge is 0.351 e. The van der Waals surface area contributed by atoms with Gasteiger partial charge in [-0.05, 0) is 39.9 Å². The molecular formula is C13H20N4O4. The van der Waals surface area contributed by atoms with Crippen LogP contribution in [-0.4, -0.2) is 47.2 Å². The van der Waals surface area contributed by atoms with Crippen LogP contribution < -0.4 is 10.8 Å². The molecule has 0 radical (unpaired) electrons. The highest BCUT2D eigenvalue weighted by Crippen LogP contribution is 2.19. The fourth-order valence-corrected chi connectivity index (χ4v) is 2.33. The van der Waals surface area contributed by atoms with Crippen LogP contribution in [0.5, 0.6) is 0 Å². The van der Waals surface area contributed by atoms with Crippen molar-refractivity contribution >= 4 is 11.8 Å². The summed E-state index contributed by atoms with van der Waals surface area (Å²) in [5, 5.41) is 15.1. The SMILES string of the molecule is C[C@H](NC(=O)C1CCN(C)CC1)c1cc(C(=O)NO)on1. The first-order valence-electron chi connectivity index (χ1n) is 6.91. The van der Waals surface area contributed by atoms with Crippen molar-refractivity contribution in [2.75, 3.05) is 20.1 Å². The summed E-state index contributed by atoms with van der Waals surface area (Å²) in [5.74, 6) is -0.877. The first kappa shape index (κ1) is 15.5. The Labute approximate surface area is 122 Å². The van der Waals surface area contributed by atoms with Crippen molar-refractivity contribution in [3.8, 4) is 0 Å². The number of nitrogens with one attached hydrogen (secondary N) is 2. The number of rotatable bonds is 4. The second-order valence-corrected chi connectivity index (χ2v) is 5.36. The van der Waals surface area contributed by atoms with Gasteiger partial charge in [-0.25, -0.2) is 5.48 Å². The molecule has 1 aromatic rings. The monoisotopic (exact) mass is 296 g/mol. The molecule has 1 fully saturated rings. The molecule has 1 aliphatic heterocycles. The van der Waals surface area contributed by atoms with E-state index < -0.39 is 5.91 Å². The number of likely N-dealkylation sites (tertiary alicyclic amines) is 1. The van der Waals surface area contributed by atoms with Gasteiger partial charge in [0.1, 0.15) is 5.69 Å². The first-order chi connectivity index (χ1) is 10.0. The van der Waals surface area contributed by atoms with Crippen molar-refractivity contribution in [3.05, 3.63) is 17.5 Å². The molecule has 0 bridgehead atoms. The minimum Gasteiger partial charge on any atom is -0.351 e. The maximum Gasteiger partial charge on any atom is 0.313 e. The van der Waals surface area contributed by atoms with Crippen LogP contribution in [0.25, 0.3) is 0 Å². The van der Waals surface area contributed by atoms with E-state index in [1.165, 1.54) is 11.5 Å². The highest BCUT2D eigenvalue weighted by molar-refractivity contribution is 5.90. The summed E-state index contributed by atoms with van der Waals surface area (Å²) < 4.78 is 4.80. The first-order valence-corrected chi connectivity index (χ1v) is 6.91. The molecule has 0 spiro atoms. The second kappa shape index (κ2) is 6.68. The Morgan fingerprint density at radius 2 is 2.14 bits per heavy atom. The number of aromatic nitrogens is 1. The molecule has 0 saturated carbocycles. The third-order valence-corrected chi connectivity index (χ3v) is 3.75. The molecule has 0 unspecified atom stereocenters. The summed E-state index contributed by atoms with van der Waals surface area (Å²) in [4.78, 5) is 25.5. The topological polar surface area (TPSA) is 108 Å². The molecule has 0 aliphatic carbocycles. The predicted molar refractivity (Wildman–Crippen MR) is 72.5 cm³/mol. The Balaban J connectivity index is 1.91. The fraction of sp³-hybridized carbons (Fsp3) is 0.615. The lowest BCUT2D eigenvalue weighted by atomic mass is 9.96. The molecule has 0 aromatic carbocycles. The molecule has 116 valence electrons. The molecule has 1 saturated heterocycles. The van der Waals surface area contributed by atoms with E-state index in [1.54, 1.807) is 6.92 Å². The van der Waals surface area contributed by atoms with Crippen LogP contribution >= 0.6 is 0 Å². The lowest BCUT2D eigenvalue weighted by Gasteiger charge is -2.28. The van der Waals surface area contributed by atoms with Gasteiger partial charge in [0.15, 0.2) is 0 Å². The van der Waals surface area contributed by atoms with E-state index in [4.69, 9.17) is 9.73 Å². The lowest BCUT2D eigenvalue weighted by Crippen LogP contribution is -2.39. The van der Waals surface area contributed by atoms with Gasteiger partial charge in [0.05, 0.1) is 6.04 Å². The summed E-state index contributed by atoms with van der Waals surface area (Å²) in [6, 6.07) is 1.03. The van der Waals surface area contributed by atoms with Crippen LogP contribution in [0, 0.1) is 5.92 Å². The zero-order valence-corrected chi connectivity index (χ0v) is 12.1. The predicted octanol–water partition coefficient (Wildman–Crippen LogP) is 0.313. The molecule has 8 nitrogen and oxygen atoms in total. The average Bonchev–Trinajstić information content (AvgIpc) is 2.97. The van der Waals surface area contributed by atoms with Gasteiger partial charge in [0, 0.05) is 12.0 Å². The maximum atomic E-state index is 12.2. The van der Waals surface area contributed by atoms with Crippen molar-refractivity contribution in [2.24, 2.45) is 5.92 Å². The third-order valence-electron chi connectivity index (χ3n) is 3.75. The van der Waals surface area contributed by atoms with Crippen molar-refractivity contribution < 1.29 is 19.3 Å². The van der Waals surface area contributed by atoms with Gasteiger partial charge in [-0.3, -0.25) is 14.8 Å². The molecule has 3 N–H and O–H groups in total. The number of hydrogen-bond donors (Lipinski definition) is 3. The highest BCUT2D eigenvalue weighted by Gasteiger charge is 2.25. The number of amides is 2. The van der Waals surface area contributed by atoms with Crippen LogP contribution in [0.15, 0.2) is 10.6 Å². The van der Waals surface area contributed by atoms with E-state index >= 15 is 0 Å². The summed E-state index contributed by atoms with van der Waals surface area (Å²) >= 11 is 0. The summed E-state index contributed by atoms with van der Waals surface area (Å²) in [5.41, 5.74) is 1.91. The van der Waals surface area contributed by atoms with Gasteiger partial charge in [0.25, 0.3) is 0 Å². The van der Waals surface area contributed by atoms with E-state index in [1.807, 2.05) is 7.05 Å². The van der Waals surface area contributed by atoms with Gasteiger partial charge < -0.3 is 14.7 Å². The Hall–Kier alpha value is -1.93. The van der Waals surface area contributed by atoms with Crippen molar-refractivity contribution in [3.63, 3.8) is 0 Å². The number of carbonyl (C=O) groups is 2. The van der Waals surface area contributed by atoms with Crippen molar-refractivity contribution in [1.29, 1.82) is 0 Å². The van der Waals surface area contributed by atoms with Crippen molar-refractivity contribution in [1.82, 2.24) is 20.9 Å². The normalized spacial score (nSPS) is 18.2. The number of hydrogen-bond acceptors (Lipinski definition) is 6. The van der Waals surface area contributed by atoms with Crippen LogP contribution in [0.2, 0.25) is 0 Å². The number of nitrogens with zero attached hydrogens (tertiary/aromatic N) is 2. The van der Waals surface area contributed by atoms with Gasteiger partial charge in [-0.1, -0.05) is 5.16 Å². The van der Waals surface area contributed by atoms with Gasteiger partial charge in [0.2, 0.25) is 11.7 Å². The van der Waals surface area contributed by atoms with Gasteiger partial charge >= 0.3 is 5.91 Å². The minimum absolute atomic E-state index is 0.00763. The molecule has 2 rings (SSSR count). The molecular weight excluding hydrogens is 276 g/mol. The maximum absolute atomic E-state index is 12.2. The van der Waals surface area contributed by atoms with Crippen LogP contribution in [0.1, 0.15) is 42.1 Å².